The summed E-state index contributed by atoms with van der Waals surface area (Å²) in [5.41, 5.74) is 3.05. The number of aryl methyl sites for hydroxylation is 2. The summed E-state index contributed by atoms with van der Waals surface area (Å²) in [4.78, 5) is 12.3. The van der Waals surface area contributed by atoms with Crippen molar-refractivity contribution in [1.82, 2.24) is 0 Å². The molecule has 0 aliphatic carbocycles. The molecule has 0 aliphatic heterocycles. The number of unbranched alkanes of at least 4 members (excludes halogenated alkanes) is 1. The maximum atomic E-state index is 12.3. The van der Waals surface area contributed by atoms with Crippen LogP contribution in [0.3, 0.4) is 0 Å². The molecular formula is C25H26O3. The molecule has 0 radical (unpaired) electrons. The Hall–Kier alpha value is -3.07. The molecule has 0 aliphatic rings. The minimum absolute atomic E-state index is 0.364. The summed E-state index contributed by atoms with van der Waals surface area (Å²) in [6.45, 7) is 2.81. The number of hydrogen-bond donors (Lipinski definition) is 0. The monoisotopic (exact) mass is 374 g/mol. The second-order valence-corrected chi connectivity index (χ2v) is 6.75. The van der Waals surface area contributed by atoms with E-state index in [1.165, 1.54) is 11.1 Å². The Morgan fingerprint density at radius 2 is 1.36 bits per heavy atom. The molecule has 3 aromatic carbocycles. The van der Waals surface area contributed by atoms with Gasteiger partial charge < -0.3 is 9.47 Å². The summed E-state index contributed by atoms with van der Waals surface area (Å²) in [7, 11) is 0. The van der Waals surface area contributed by atoms with Crippen molar-refractivity contribution in [2.75, 3.05) is 6.61 Å². The Balaban J connectivity index is 1.51. The fourth-order valence-electron chi connectivity index (χ4n) is 2.85. The third kappa shape index (κ3) is 5.98. The van der Waals surface area contributed by atoms with Crippen LogP contribution in [-0.2, 0) is 12.8 Å². The molecule has 28 heavy (non-hydrogen) atoms. The lowest BCUT2D eigenvalue weighted by Gasteiger charge is -2.08. The third-order valence-electron chi connectivity index (χ3n) is 4.54. The quantitative estimate of drug-likeness (QED) is 0.267. The highest BCUT2D eigenvalue weighted by Gasteiger charge is 2.09. The van der Waals surface area contributed by atoms with Gasteiger partial charge >= 0.3 is 5.97 Å². The maximum Gasteiger partial charge on any atom is 0.343 e. The van der Waals surface area contributed by atoms with E-state index in [0.29, 0.717) is 17.9 Å². The first-order valence-electron chi connectivity index (χ1n) is 9.82. The summed E-state index contributed by atoms with van der Waals surface area (Å²) in [5.74, 6) is 0.960. The lowest BCUT2D eigenvalue weighted by atomic mass is 10.0. The van der Waals surface area contributed by atoms with Crippen molar-refractivity contribution in [3.8, 4) is 11.5 Å². The molecule has 0 bridgehead atoms. The van der Waals surface area contributed by atoms with E-state index in [4.69, 9.17) is 9.47 Å². The smallest absolute Gasteiger partial charge is 0.343 e. The van der Waals surface area contributed by atoms with Crippen molar-refractivity contribution in [2.24, 2.45) is 0 Å². The minimum Gasteiger partial charge on any atom is -0.494 e. The first-order chi connectivity index (χ1) is 13.7. The fourth-order valence-corrected chi connectivity index (χ4v) is 2.85. The van der Waals surface area contributed by atoms with E-state index in [1.807, 2.05) is 30.3 Å². The van der Waals surface area contributed by atoms with Gasteiger partial charge in [-0.15, -0.1) is 0 Å². The second kappa shape index (κ2) is 10.3. The van der Waals surface area contributed by atoms with Gasteiger partial charge in [0.15, 0.2) is 0 Å². The Labute approximate surface area is 166 Å². The number of benzene rings is 3. The maximum absolute atomic E-state index is 12.3. The van der Waals surface area contributed by atoms with Crippen molar-refractivity contribution < 1.29 is 14.3 Å². The average Bonchev–Trinajstić information content (AvgIpc) is 2.75. The van der Waals surface area contributed by atoms with Gasteiger partial charge in [-0.05, 0) is 66.8 Å². The van der Waals surface area contributed by atoms with Crippen LogP contribution in [0.15, 0.2) is 78.9 Å². The van der Waals surface area contributed by atoms with Gasteiger partial charge in [0.25, 0.3) is 0 Å². The van der Waals surface area contributed by atoms with Crippen LogP contribution >= 0.6 is 0 Å². The summed E-state index contributed by atoms with van der Waals surface area (Å²) < 4.78 is 11.1. The molecule has 0 saturated carbocycles. The highest BCUT2D eigenvalue weighted by molar-refractivity contribution is 5.91. The molecule has 0 aromatic heterocycles. The van der Waals surface area contributed by atoms with E-state index in [-0.39, 0.29) is 5.97 Å². The Bertz CT molecular complexity index is 853. The third-order valence-corrected chi connectivity index (χ3v) is 4.54. The summed E-state index contributed by atoms with van der Waals surface area (Å²) in [6, 6.07) is 25.2. The minimum atomic E-state index is -0.364. The number of hydrogen-bond acceptors (Lipinski definition) is 3. The van der Waals surface area contributed by atoms with E-state index in [0.717, 1.165) is 31.4 Å². The van der Waals surface area contributed by atoms with Crippen LogP contribution in [0.5, 0.6) is 11.5 Å². The molecule has 3 nitrogen and oxygen atoms in total. The van der Waals surface area contributed by atoms with Crippen LogP contribution in [0.25, 0.3) is 0 Å². The van der Waals surface area contributed by atoms with Gasteiger partial charge in [0.2, 0.25) is 0 Å². The standard InChI is InChI=1S/C25H26O3/c1-2-3-19-27-23-17-13-22(14-18-23)25(26)28-24-15-11-21(12-16-24)10-9-20-7-5-4-6-8-20/h4-8,11-18H,2-3,9-10,19H2,1H3. The molecule has 3 aromatic rings. The first-order valence-corrected chi connectivity index (χ1v) is 9.82. The van der Waals surface area contributed by atoms with Gasteiger partial charge in [0.1, 0.15) is 11.5 Å². The van der Waals surface area contributed by atoms with Gasteiger partial charge in [-0.2, -0.15) is 0 Å². The predicted molar refractivity (Wildman–Crippen MR) is 112 cm³/mol. The molecule has 0 fully saturated rings. The fraction of sp³-hybridized carbons (Fsp3) is 0.240. The van der Waals surface area contributed by atoms with E-state index in [2.05, 4.69) is 31.2 Å². The van der Waals surface area contributed by atoms with Crippen molar-refractivity contribution in [3.05, 3.63) is 95.6 Å². The van der Waals surface area contributed by atoms with Crippen LogP contribution in [0.1, 0.15) is 41.3 Å². The van der Waals surface area contributed by atoms with E-state index >= 15 is 0 Å². The van der Waals surface area contributed by atoms with Gasteiger partial charge in [-0.25, -0.2) is 4.79 Å². The molecule has 144 valence electrons. The average molecular weight is 374 g/mol. The second-order valence-electron chi connectivity index (χ2n) is 6.75. The van der Waals surface area contributed by atoms with E-state index < -0.39 is 0 Å². The number of carbonyl (C=O) groups excluding carboxylic acids is 1. The molecule has 0 unspecified atom stereocenters. The van der Waals surface area contributed by atoms with Crippen LogP contribution in [0.4, 0.5) is 0 Å². The molecule has 3 heteroatoms. The molecule has 0 amide bonds. The number of carbonyl (C=O) groups is 1. The highest BCUT2D eigenvalue weighted by Crippen LogP contribution is 2.18. The summed E-state index contributed by atoms with van der Waals surface area (Å²) in [5, 5.41) is 0. The molecule has 0 atom stereocenters. The Morgan fingerprint density at radius 1 is 0.750 bits per heavy atom. The molecule has 3 rings (SSSR count). The van der Waals surface area contributed by atoms with Gasteiger partial charge in [0, 0.05) is 0 Å². The largest absolute Gasteiger partial charge is 0.494 e. The molecule has 0 N–H and O–H groups in total. The topological polar surface area (TPSA) is 35.5 Å². The molecular weight excluding hydrogens is 348 g/mol. The predicted octanol–water partition coefficient (Wildman–Crippen LogP) is 5.87. The van der Waals surface area contributed by atoms with Crippen molar-refractivity contribution in [3.63, 3.8) is 0 Å². The lowest BCUT2D eigenvalue weighted by Crippen LogP contribution is -2.08. The van der Waals surface area contributed by atoms with E-state index in [9.17, 15) is 4.79 Å². The summed E-state index contributed by atoms with van der Waals surface area (Å²) in [6.07, 6.45) is 4.06. The normalized spacial score (nSPS) is 10.5. The lowest BCUT2D eigenvalue weighted by molar-refractivity contribution is 0.0734. The SMILES string of the molecule is CCCCOc1ccc(C(=O)Oc2ccc(CCc3ccccc3)cc2)cc1. The van der Waals surface area contributed by atoms with Crippen LogP contribution < -0.4 is 9.47 Å². The van der Waals surface area contributed by atoms with Crippen molar-refractivity contribution in [2.45, 2.75) is 32.6 Å². The van der Waals surface area contributed by atoms with Crippen LogP contribution in [-0.4, -0.2) is 12.6 Å². The van der Waals surface area contributed by atoms with Crippen molar-refractivity contribution >= 4 is 5.97 Å². The van der Waals surface area contributed by atoms with Crippen LogP contribution in [0, 0.1) is 0 Å². The zero-order valence-corrected chi connectivity index (χ0v) is 16.3. The highest BCUT2D eigenvalue weighted by atomic mass is 16.5. The first kappa shape index (κ1) is 19.7. The molecule has 0 spiro atoms. The van der Waals surface area contributed by atoms with Crippen LogP contribution in [0.2, 0.25) is 0 Å². The molecule has 0 saturated heterocycles. The Kier molecular flexibility index (Phi) is 7.25. The molecule has 0 heterocycles. The van der Waals surface area contributed by atoms with Gasteiger partial charge in [-0.3, -0.25) is 0 Å². The zero-order valence-electron chi connectivity index (χ0n) is 16.3. The van der Waals surface area contributed by atoms with E-state index in [1.54, 1.807) is 24.3 Å². The Morgan fingerprint density at radius 3 is 2.00 bits per heavy atom. The number of esters is 1. The van der Waals surface area contributed by atoms with Gasteiger partial charge in [-0.1, -0.05) is 55.8 Å². The van der Waals surface area contributed by atoms with Crippen molar-refractivity contribution in [1.29, 1.82) is 0 Å². The zero-order chi connectivity index (χ0) is 19.6. The summed E-state index contributed by atoms with van der Waals surface area (Å²) >= 11 is 0. The number of rotatable bonds is 9. The number of ether oxygens (including phenoxy) is 2. The van der Waals surface area contributed by atoms with Gasteiger partial charge in [0.05, 0.1) is 12.2 Å².